The highest BCUT2D eigenvalue weighted by molar-refractivity contribution is 7.90. The van der Waals surface area contributed by atoms with Gasteiger partial charge in [-0.1, -0.05) is 41.4 Å². The van der Waals surface area contributed by atoms with Crippen LogP contribution in [0, 0.1) is 6.92 Å². The molecule has 1 aliphatic rings. The van der Waals surface area contributed by atoms with Crippen molar-refractivity contribution >= 4 is 33.3 Å². The molecule has 2 aromatic carbocycles. The zero-order valence-electron chi connectivity index (χ0n) is 11.8. The van der Waals surface area contributed by atoms with Crippen LogP contribution >= 0.6 is 11.6 Å². The second-order valence-corrected chi connectivity index (χ2v) is 7.11. The van der Waals surface area contributed by atoms with Crippen molar-refractivity contribution in [2.75, 3.05) is 5.32 Å². The maximum absolute atomic E-state index is 12.2. The van der Waals surface area contributed by atoms with E-state index in [1.807, 2.05) is 31.2 Å². The largest absolute Gasteiger partial charge is 0.324 e. The van der Waals surface area contributed by atoms with Gasteiger partial charge in [0.2, 0.25) is 5.96 Å². The summed E-state index contributed by atoms with van der Waals surface area (Å²) in [6, 6.07) is 12.6. The molecule has 2 N–H and O–H groups in total. The van der Waals surface area contributed by atoms with Crippen molar-refractivity contribution in [3.8, 4) is 0 Å². The van der Waals surface area contributed by atoms with Gasteiger partial charge >= 0.3 is 0 Å². The molecule has 1 heterocycles. The van der Waals surface area contributed by atoms with E-state index in [-0.39, 0.29) is 10.9 Å². The Kier molecular flexibility index (Phi) is 3.80. The number of hydrogen-bond donors (Lipinski definition) is 2. The first-order valence-corrected chi connectivity index (χ1v) is 8.49. The van der Waals surface area contributed by atoms with E-state index in [0.29, 0.717) is 17.3 Å². The fourth-order valence-corrected chi connectivity index (χ4v) is 3.50. The molecular weight excluding hydrogens is 322 g/mol. The Labute approximate surface area is 134 Å². The minimum absolute atomic E-state index is 0.120. The highest BCUT2D eigenvalue weighted by atomic mass is 35.5. The lowest BCUT2D eigenvalue weighted by Crippen LogP contribution is -2.40. The van der Waals surface area contributed by atoms with Crippen molar-refractivity contribution in [3.63, 3.8) is 0 Å². The van der Waals surface area contributed by atoms with Gasteiger partial charge in [0, 0.05) is 5.02 Å². The van der Waals surface area contributed by atoms with Gasteiger partial charge in [0.05, 0.1) is 12.2 Å². The fraction of sp³-hybridized carbons (Fsp3) is 0.133. The van der Waals surface area contributed by atoms with Crippen LogP contribution in [-0.2, 0) is 16.6 Å². The third-order valence-electron chi connectivity index (χ3n) is 3.26. The summed E-state index contributed by atoms with van der Waals surface area (Å²) in [7, 11) is -3.65. The number of halogens is 1. The van der Waals surface area contributed by atoms with Crippen molar-refractivity contribution in [2.45, 2.75) is 18.4 Å². The van der Waals surface area contributed by atoms with Crippen LogP contribution in [0.25, 0.3) is 0 Å². The van der Waals surface area contributed by atoms with Crippen LogP contribution < -0.4 is 10.0 Å². The van der Waals surface area contributed by atoms with E-state index in [1.165, 1.54) is 11.6 Å². The van der Waals surface area contributed by atoms with E-state index in [2.05, 4.69) is 15.0 Å². The number of sulfonamides is 1. The summed E-state index contributed by atoms with van der Waals surface area (Å²) in [4.78, 5) is 4.40. The van der Waals surface area contributed by atoms with Crippen LogP contribution in [0.4, 0.5) is 5.69 Å². The molecule has 0 spiro atoms. The molecular formula is C15H14ClN3O2S. The summed E-state index contributed by atoms with van der Waals surface area (Å²) >= 11 is 5.84. The van der Waals surface area contributed by atoms with Crippen molar-refractivity contribution in [3.05, 3.63) is 58.6 Å². The number of fused-ring (bicyclic) bond motifs is 1. The van der Waals surface area contributed by atoms with Gasteiger partial charge in [0.1, 0.15) is 4.90 Å². The van der Waals surface area contributed by atoms with Gasteiger partial charge < -0.3 is 5.32 Å². The highest BCUT2D eigenvalue weighted by Gasteiger charge is 2.26. The quantitative estimate of drug-likeness (QED) is 0.886. The van der Waals surface area contributed by atoms with Crippen LogP contribution in [0.1, 0.15) is 11.1 Å². The van der Waals surface area contributed by atoms with Crippen molar-refractivity contribution in [1.82, 2.24) is 4.72 Å². The number of guanidine groups is 1. The first-order chi connectivity index (χ1) is 10.4. The highest BCUT2D eigenvalue weighted by Crippen LogP contribution is 2.27. The van der Waals surface area contributed by atoms with Gasteiger partial charge in [-0.2, -0.15) is 0 Å². The molecule has 7 heteroatoms. The van der Waals surface area contributed by atoms with Gasteiger partial charge in [-0.25, -0.2) is 18.1 Å². The average molecular weight is 336 g/mol. The molecule has 5 nitrogen and oxygen atoms in total. The molecule has 1 aliphatic heterocycles. The first-order valence-electron chi connectivity index (χ1n) is 6.63. The van der Waals surface area contributed by atoms with E-state index < -0.39 is 10.0 Å². The Hall–Kier alpha value is -2.05. The van der Waals surface area contributed by atoms with Gasteiger partial charge in [-0.3, -0.25) is 0 Å². The molecule has 0 unspecified atom stereocenters. The summed E-state index contributed by atoms with van der Waals surface area (Å²) in [5.41, 5.74) is 2.63. The first kappa shape index (κ1) is 14.9. The molecule has 0 amide bonds. The number of aryl methyl sites for hydroxylation is 1. The number of nitrogens with one attached hydrogen (secondary N) is 2. The van der Waals surface area contributed by atoms with E-state index in [9.17, 15) is 8.42 Å². The van der Waals surface area contributed by atoms with Gasteiger partial charge in [-0.05, 0) is 30.7 Å². The summed E-state index contributed by atoms with van der Waals surface area (Å²) in [5.74, 6) is 0.204. The lowest BCUT2D eigenvalue weighted by molar-refractivity contribution is 0.591. The maximum atomic E-state index is 12.2. The lowest BCUT2D eigenvalue weighted by Gasteiger charge is -2.21. The molecule has 0 radical (unpaired) electrons. The second-order valence-electron chi connectivity index (χ2n) is 5.02. The molecule has 0 atom stereocenters. The predicted octanol–water partition coefficient (Wildman–Crippen LogP) is 2.91. The summed E-state index contributed by atoms with van der Waals surface area (Å²) in [6.07, 6.45) is 0. The number of nitrogens with zero attached hydrogens (tertiary/aromatic N) is 1. The second kappa shape index (κ2) is 5.62. The van der Waals surface area contributed by atoms with E-state index in [1.54, 1.807) is 12.1 Å². The minimum Gasteiger partial charge on any atom is -0.324 e. The molecule has 114 valence electrons. The smallest absolute Gasteiger partial charge is 0.266 e. The number of benzene rings is 2. The Morgan fingerprint density at radius 1 is 1.14 bits per heavy atom. The molecule has 22 heavy (non-hydrogen) atoms. The van der Waals surface area contributed by atoms with Crippen LogP contribution in [0.2, 0.25) is 5.02 Å². The Bertz CT molecular complexity index is 846. The zero-order chi connectivity index (χ0) is 15.7. The Morgan fingerprint density at radius 3 is 2.59 bits per heavy atom. The summed E-state index contributed by atoms with van der Waals surface area (Å²) < 4.78 is 26.8. The Balaban J connectivity index is 1.87. The average Bonchev–Trinajstić information content (AvgIpc) is 2.47. The third kappa shape index (κ3) is 3.08. The zero-order valence-corrected chi connectivity index (χ0v) is 13.4. The normalized spacial score (nSPS) is 17.5. The molecule has 0 bridgehead atoms. The van der Waals surface area contributed by atoms with Gasteiger partial charge in [0.25, 0.3) is 10.0 Å². The number of aliphatic imine (C=N–C) groups is 1. The van der Waals surface area contributed by atoms with Crippen molar-refractivity contribution < 1.29 is 8.42 Å². The fourth-order valence-electron chi connectivity index (χ4n) is 2.09. The van der Waals surface area contributed by atoms with Crippen LogP contribution in [0.15, 0.2) is 52.4 Å². The predicted molar refractivity (Wildman–Crippen MR) is 87.7 cm³/mol. The maximum Gasteiger partial charge on any atom is 0.266 e. The SMILES string of the molecule is Cc1ccc(CN=C2Nc3ccc(Cl)cc3S(=O)(=O)N2)cc1. The van der Waals surface area contributed by atoms with Gasteiger partial charge in [0.15, 0.2) is 0 Å². The molecule has 2 aromatic rings. The molecule has 3 rings (SSSR count). The molecule has 0 saturated heterocycles. The molecule has 0 fully saturated rings. The van der Waals surface area contributed by atoms with E-state index in [0.717, 1.165) is 5.56 Å². The van der Waals surface area contributed by atoms with E-state index in [4.69, 9.17) is 11.6 Å². The molecule has 0 aliphatic carbocycles. The number of hydrogen-bond acceptors (Lipinski definition) is 3. The Morgan fingerprint density at radius 2 is 1.86 bits per heavy atom. The minimum atomic E-state index is -3.65. The van der Waals surface area contributed by atoms with Gasteiger partial charge in [-0.15, -0.1) is 0 Å². The monoisotopic (exact) mass is 335 g/mol. The lowest BCUT2D eigenvalue weighted by atomic mass is 10.1. The summed E-state index contributed by atoms with van der Waals surface area (Å²) in [6.45, 7) is 2.39. The van der Waals surface area contributed by atoms with Crippen molar-refractivity contribution in [2.24, 2.45) is 4.99 Å². The van der Waals surface area contributed by atoms with Crippen LogP contribution in [0.5, 0.6) is 0 Å². The molecule has 0 aromatic heterocycles. The van der Waals surface area contributed by atoms with Crippen LogP contribution in [-0.4, -0.2) is 14.4 Å². The molecule has 0 saturated carbocycles. The standard InChI is InChI=1S/C15H14ClN3O2S/c1-10-2-4-11(5-3-10)9-17-15-18-13-7-6-12(16)8-14(13)22(20,21)19-15/h2-8H,9H2,1H3,(H2,17,18,19). The summed E-state index contributed by atoms with van der Waals surface area (Å²) in [5, 5.41) is 3.33. The third-order valence-corrected chi connectivity index (χ3v) is 4.87. The van der Waals surface area contributed by atoms with Crippen LogP contribution in [0.3, 0.4) is 0 Å². The number of anilines is 1. The van der Waals surface area contributed by atoms with Crippen molar-refractivity contribution in [1.29, 1.82) is 0 Å². The topological polar surface area (TPSA) is 70.6 Å². The van der Waals surface area contributed by atoms with E-state index >= 15 is 0 Å². The number of rotatable bonds is 2.